The van der Waals surface area contributed by atoms with Crippen LogP contribution >= 0.6 is 0 Å². The first kappa shape index (κ1) is 42.8. The quantitative estimate of drug-likeness (QED) is 0.144. The molecule has 16 heteroatoms. The molecular weight excluding hydrogens is 757 g/mol. The van der Waals surface area contributed by atoms with E-state index in [1.165, 1.54) is 19.1 Å². The zero-order valence-electron chi connectivity index (χ0n) is 34.4. The molecule has 3 saturated heterocycles. The van der Waals surface area contributed by atoms with E-state index in [4.69, 9.17) is 15.2 Å². The second-order valence-corrected chi connectivity index (χ2v) is 16.0. The van der Waals surface area contributed by atoms with Gasteiger partial charge in [-0.3, -0.25) is 24.0 Å². The minimum atomic E-state index is -0.970. The molecule has 4 heterocycles. The zero-order valence-corrected chi connectivity index (χ0v) is 34.4. The van der Waals surface area contributed by atoms with E-state index in [0.29, 0.717) is 56.8 Å². The lowest BCUT2D eigenvalue weighted by atomic mass is 9.92. The maximum Gasteiger partial charge on any atom is 0.407 e. The number of alkyl carbamates (subject to hydrolysis) is 1. The molecule has 0 radical (unpaired) electrons. The summed E-state index contributed by atoms with van der Waals surface area (Å²) in [5, 5.41) is 5.59. The molecule has 1 unspecified atom stereocenters. The highest BCUT2D eigenvalue weighted by molar-refractivity contribution is 6.00. The summed E-state index contributed by atoms with van der Waals surface area (Å²) in [4.78, 5) is 91.9. The molecule has 0 bridgehead atoms. The van der Waals surface area contributed by atoms with Crippen molar-refractivity contribution in [1.82, 2.24) is 30.0 Å². The van der Waals surface area contributed by atoms with Crippen molar-refractivity contribution in [1.29, 1.82) is 0 Å². The molecule has 3 aliphatic heterocycles. The first-order valence-corrected chi connectivity index (χ1v) is 20.5. The van der Waals surface area contributed by atoms with Gasteiger partial charge >= 0.3 is 12.1 Å². The molecule has 59 heavy (non-hydrogen) atoms. The standard InChI is InChI=1S/C43H56N8O8/c1-25(2)36(48-43(57)59-5)41(55)51-22-8-11-34(51)39(53)50-21-7-10-33(50)38(52)46-30-18-16-28(17-19-30)27-12-14-29(15-13-27)31-24-45-37(47-31)32-9-6-20-49(32)40(54)35(26(3)23-44)42(56)58-4/h12-19,24-26,32-36H,6-11,20-23,44H2,1-5H3,(H,45,47)(H,46,52)(H,48,57)/t26?,32-,33-,34-,35-,36-/m0/s1. The summed E-state index contributed by atoms with van der Waals surface area (Å²) in [7, 11) is 2.51. The predicted octanol–water partition coefficient (Wildman–Crippen LogP) is 4.09. The fourth-order valence-corrected chi connectivity index (χ4v) is 8.46. The van der Waals surface area contributed by atoms with Gasteiger partial charge in [0, 0.05) is 25.3 Å². The Hall–Kier alpha value is -5.77. The van der Waals surface area contributed by atoms with E-state index in [1.807, 2.05) is 62.4 Å². The molecule has 0 saturated carbocycles. The predicted molar refractivity (Wildman–Crippen MR) is 219 cm³/mol. The second kappa shape index (κ2) is 18.9. The number of ether oxygens (including phenoxy) is 2. The Kier molecular flexibility index (Phi) is 13.7. The van der Waals surface area contributed by atoms with Crippen molar-refractivity contribution in [2.45, 2.75) is 83.5 Å². The summed E-state index contributed by atoms with van der Waals surface area (Å²) >= 11 is 0. The smallest absolute Gasteiger partial charge is 0.407 e. The van der Waals surface area contributed by atoms with Gasteiger partial charge in [-0.15, -0.1) is 0 Å². The molecule has 6 rings (SSSR count). The van der Waals surface area contributed by atoms with Crippen LogP contribution in [-0.2, 0) is 33.4 Å². The Morgan fingerprint density at radius 2 is 1.37 bits per heavy atom. The molecule has 0 aliphatic carbocycles. The van der Waals surface area contributed by atoms with Gasteiger partial charge in [0.15, 0.2) is 0 Å². The number of H-pyrrole nitrogens is 1. The number of hydrogen-bond donors (Lipinski definition) is 4. The zero-order chi connectivity index (χ0) is 42.4. The maximum atomic E-state index is 13.9. The van der Waals surface area contributed by atoms with E-state index in [-0.39, 0.29) is 48.1 Å². The van der Waals surface area contributed by atoms with Crippen LogP contribution in [0.1, 0.15) is 71.2 Å². The Morgan fingerprint density at radius 1 is 0.780 bits per heavy atom. The monoisotopic (exact) mass is 812 g/mol. The number of likely N-dealkylation sites (tertiary alicyclic amines) is 3. The number of rotatable bonds is 13. The number of benzene rings is 2. The van der Waals surface area contributed by atoms with Crippen LogP contribution in [0, 0.1) is 17.8 Å². The molecule has 2 aromatic carbocycles. The van der Waals surface area contributed by atoms with Gasteiger partial charge in [-0.05, 0) is 85.7 Å². The Morgan fingerprint density at radius 3 is 2.00 bits per heavy atom. The number of imidazole rings is 1. The molecule has 316 valence electrons. The average Bonchev–Trinajstić information content (AvgIpc) is 4.09. The van der Waals surface area contributed by atoms with Gasteiger partial charge in [0.05, 0.1) is 32.2 Å². The lowest BCUT2D eigenvalue weighted by Crippen LogP contribution is -2.56. The molecule has 16 nitrogen and oxygen atoms in total. The van der Waals surface area contributed by atoms with E-state index in [1.54, 1.807) is 22.9 Å². The lowest BCUT2D eigenvalue weighted by molar-refractivity contribution is -0.156. The largest absolute Gasteiger partial charge is 0.468 e. The lowest BCUT2D eigenvalue weighted by Gasteiger charge is -2.33. The minimum Gasteiger partial charge on any atom is -0.468 e. The molecule has 3 aliphatic rings. The van der Waals surface area contributed by atoms with Gasteiger partial charge < -0.3 is 45.5 Å². The summed E-state index contributed by atoms with van der Waals surface area (Å²) in [6, 6.07) is 13.0. The van der Waals surface area contributed by atoms with E-state index >= 15 is 0 Å². The van der Waals surface area contributed by atoms with Crippen molar-refractivity contribution in [2.75, 3.05) is 45.7 Å². The maximum absolute atomic E-state index is 13.9. The number of nitrogens with two attached hydrogens (primary N) is 1. The van der Waals surface area contributed by atoms with Crippen molar-refractivity contribution in [3.63, 3.8) is 0 Å². The first-order chi connectivity index (χ1) is 28.4. The van der Waals surface area contributed by atoms with Crippen LogP contribution in [0.5, 0.6) is 0 Å². The number of hydrogen-bond acceptors (Lipinski definition) is 10. The van der Waals surface area contributed by atoms with Gasteiger partial charge in [0.2, 0.25) is 23.6 Å². The summed E-state index contributed by atoms with van der Waals surface area (Å²) < 4.78 is 9.65. The fraction of sp³-hybridized carbons (Fsp3) is 0.512. The van der Waals surface area contributed by atoms with Gasteiger partial charge in [-0.1, -0.05) is 57.2 Å². The van der Waals surface area contributed by atoms with Crippen molar-refractivity contribution in [3.05, 3.63) is 60.6 Å². The molecule has 5 N–H and O–H groups in total. The van der Waals surface area contributed by atoms with Crippen LogP contribution in [0.25, 0.3) is 22.4 Å². The minimum absolute atomic E-state index is 0.182. The molecular formula is C43H56N8O8. The molecule has 5 amide bonds. The Bertz CT molecular complexity index is 2000. The Balaban J connectivity index is 1.07. The highest BCUT2D eigenvalue weighted by atomic mass is 16.5. The van der Waals surface area contributed by atoms with Crippen LogP contribution in [0.3, 0.4) is 0 Å². The normalized spacial score (nSPS) is 20.6. The van der Waals surface area contributed by atoms with Gasteiger partial charge in [-0.2, -0.15) is 0 Å². The van der Waals surface area contributed by atoms with E-state index < -0.39 is 36.1 Å². The van der Waals surface area contributed by atoms with Crippen molar-refractivity contribution >= 4 is 41.4 Å². The fourth-order valence-electron chi connectivity index (χ4n) is 8.46. The van der Waals surface area contributed by atoms with Gasteiger partial charge in [0.1, 0.15) is 29.9 Å². The third kappa shape index (κ3) is 9.27. The van der Waals surface area contributed by atoms with Crippen molar-refractivity contribution < 1.29 is 38.2 Å². The molecule has 3 fully saturated rings. The topological polar surface area (TPSA) is 209 Å². The summed E-state index contributed by atoms with van der Waals surface area (Å²) in [6.45, 7) is 6.93. The summed E-state index contributed by atoms with van der Waals surface area (Å²) in [6.07, 6.45) is 4.86. The number of aromatic amines is 1. The number of anilines is 1. The van der Waals surface area contributed by atoms with Crippen LogP contribution in [-0.4, -0.2) is 119 Å². The number of esters is 1. The summed E-state index contributed by atoms with van der Waals surface area (Å²) in [5.41, 5.74) is 10.0. The third-order valence-corrected chi connectivity index (χ3v) is 11.8. The van der Waals surface area contributed by atoms with Gasteiger partial charge in [0.25, 0.3) is 0 Å². The van der Waals surface area contributed by atoms with E-state index in [2.05, 4.69) is 20.6 Å². The SMILES string of the molecule is COC(=O)N[C@H](C(=O)N1CCC[C@H]1C(=O)N1CCC[C@H]1C(=O)Nc1ccc(-c2ccc(-c3cnc([C@@H]4CCCN4C(=O)[C@@H](C(=O)OC)C(C)CN)[nH]3)cc2)cc1)C(C)C. The van der Waals surface area contributed by atoms with E-state index in [9.17, 15) is 28.8 Å². The molecule has 3 aromatic rings. The van der Waals surface area contributed by atoms with Crippen LogP contribution < -0.4 is 16.4 Å². The number of nitrogens with zero attached hydrogens (tertiary/aromatic N) is 4. The van der Waals surface area contributed by atoms with Crippen LogP contribution in [0.2, 0.25) is 0 Å². The number of aromatic nitrogens is 2. The number of methoxy groups -OCH3 is 2. The van der Waals surface area contributed by atoms with Crippen molar-refractivity contribution in [2.24, 2.45) is 23.5 Å². The average molecular weight is 813 g/mol. The number of carbonyl (C=O) groups excluding carboxylic acids is 6. The van der Waals surface area contributed by atoms with Crippen LogP contribution in [0.15, 0.2) is 54.7 Å². The first-order valence-electron chi connectivity index (χ1n) is 20.5. The third-order valence-electron chi connectivity index (χ3n) is 11.8. The number of amides is 5. The number of carbonyl (C=O) groups is 6. The highest BCUT2D eigenvalue weighted by Gasteiger charge is 2.44. The second-order valence-electron chi connectivity index (χ2n) is 16.0. The van der Waals surface area contributed by atoms with Crippen LogP contribution in [0.4, 0.5) is 10.5 Å². The number of nitrogens with one attached hydrogen (secondary N) is 3. The highest BCUT2D eigenvalue weighted by Crippen LogP contribution is 2.35. The molecule has 0 spiro atoms. The molecule has 6 atom stereocenters. The Labute approximate surface area is 344 Å². The molecule has 1 aromatic heterocycles. The van der Waals surface area contributed by atoms with Crippen molar-refractivity contribution in [3.8, 4) is 22.4 Å². The summed E-state index contributed by atoms with van der Waals surface area (Å²) in [5.74, 6) is -2.65. The van der Waals surface area contributed by atoms with Gasteiger partial charge in [-0.25, -0.2) is 9.78 Å². The van der Waals surface area contributed by atoms with E-state index in [0.717, 1.165) is 35.2 Å².